The molecular formula is C20H17N3O3. The van der Waals surface area contributed by atoms with Gasteiger partial charge in [0, 0.05) is 0 Å². The van der Waals surface area contributed by atoms with Crippen LogP contribution >= 0.6 is 0 Å². The Hall–Kier alpha value is -3.54. The highest BCUT2D eigenvalue weighted by Crippen LogP contribution is 2.31. The summed E-state index contributed by atoms with van der Waals surface area (Å²) >= 11 is 0. The molecule has 0 fully saturated rings. The smallest absolute Gasteiger partial charge is 0.175 e. The summed E-state index contributed by atoms with van der Waals surface area (Å²) in [7, 11) is 3.23. The average molecular weight is 347 g/mol. The van der Waals surface area contributed by atoms with Crippen LogP contribution in [0, 0.1) is 0 Å². The summed E-state index contributed by atoms with van der Waals surface area (Å²) in [5, 5.41) is 4.50. The van der Waals surface area contributed by atoms with E-state index in [1.165, 1.54) is 0 Å². The fourth-order valence-corrected chi connectivity index (χ4v) is 2.74. The van der Waals surface area contributed by atoms with Crippen LogP contribution in [0.1, 0.15) is 11.4 Å². The Morgan fingerprint density at radius 1 is 1.00 bits per heavy atom. The Bertz CT molecular complexity index is 1010. The summed E-state index contributed by atoms with van der Waals surface area (Å²) in [6.07, 6.45) is 7.14. The molecule has 2 aromatic carbocycles. The van der Waals surface area contributed by atoms with E-state index in [0.717, 1.165) is 22.7 Å². The molecule has 0 radical (unpaired) electrons. The largest absolute Gasteiger partial charge is 0.493 e. The molecule has 0 N–H and O–H groups in total. The maximum absolute atomic E-state index is 5.58. The molecule has 6 heteroatoms. The zero-order valence-electron chi connectivity index (χ0n) is 14.4. The van der Waals surface area contributed by atoms with Crippen molar-refractivity contribution in [3.05, 3.63) is 60.1 Å². The maximum atomic E-state index is 5.58. The number of aromatic nitrogens is 3. The van der Waals surface area contributed by atoms with Gasteiger partial charge in [0.25, 0.3) is 0 Å². The second-order valence-electron chi connectivity index (χ2n) is 5.59. The van der Waals surface area contributed by atoms with Crippen molar-refractivity contribution in [2.75, 3.05) is 14.2 Å². The third-order valence-corrected chi connectivity index (χ3v) is 4.01. The number of rotatable bonds is 4. The van der Waals surface area contributed by atoms with Gasteiger partial charge in [0.05, 0.1) is 26.0 Å². The molecule has 3 aromatic rings. The Morgan fingerprint density at radius 2 is 1.85 bits per heavy atom. The summed E-state index contributed by atoms with van der Waals surface area (Å²) in [4.78, 5) is 4.62. The fraction of sp³-hybridized carbons (Fsp3) is 0.100. The van der Waals surface area contributed by atoms with Crippen LogP contribution in [0.4, 0.5) is 0 Å². The normalized spacial score (nSPS) is 12.2. The van der Waals surface area contributed by atoms with Gasteiger partial charge in [-0.25, -0.2) is 9.67 Å². The van der Waals surface area contributed by atoms with Crippen LogP contribution in [0.25, 0.3) is 29.7 Å². The van der Waals surface area contributed by atoms with E-state index in [1.807, 2.05) is 54.6 Å². The van der Waals surface area contributed by atoms with E-state index in [1.54, 1.807) is 31.4 Å². The molecular weight excluding hydrogens is 330 g/mol. The van der Waals surface area contributed by atoms with E-state index < -0.39 is 0 Å². The molecule has 0 aliphatic carbocycles. The monoisotopic (exact) mass is 347 g/mol. The molecule has 2 heterocycles. The van der Waals surface area contributed by atoms with Gasteiger partial charge in [-0.2, -0.15) is 0 Å². The number of benzene rings is 2. The topological polar surface area (TPSA) is 58.4 Å². The molecule has 1 aliphatic rings. The van der Waals surface area contributed by atoms with Crippen LogP contribution in [0.3, 0.4) is 0 Å². The average Bonchev–Trinajstić information content (AvgIpc) is 3.01. The molecule has 0 amide bonds. The first-order valence-corrected chi connectivity index (χ1v) is 8.08. The van der Waals surface area contributed by atoms with Gasteiger partial charge in [-0.15, -0.1) is 5.10 Å². The predicted octanol–water partition coefficient (Wildman–Crippen LogP) is 3.95. The first-order chi connectivity index (χ1) is 12.8. The lowest BCUT2D eigenvalue weighted by Gasteiger charge is -2.07. The molecule has 1 aromatic heterocycles. The van der Waals surface area contributed by atoms with Gasteiger partial charge in [-0.3, -0.25) is 0 Å². The molecule has 26 heavy (non-hydrogen) atoms. The minimum absolute atomic E-state index is 0.608. The van der Waals surface area contributed by atoms with Crippen LogP contribution in [0.5, 0.6) is 17.2 Å². The van der Waals surface area contributed by atoms with Gasteiger partial charge >= 0.3 is 0 Å². The van der Waals surface area contributed by atoms with Gasteiger partial charge < -0.3 is 14.2 Å². The minimum atomic E-state index is 0.608. The number of ether oxygens (including phenoxy) is 3. The van der Waals surface area contributed by atoms with Crippen molar-refractivity contribution in [1.29, 1.82) is 0 Å². The van der Waals surface area contributed by atoms with Crippen molar-refractivity contribution in [3.63, 3.8) is 0 Å². The lowest BCUT2D eigenvalue weighted by atomic mass is 10.2. The number of hydrogen-bond donors (Lipinski definition) is 0. The van der Waals surface area contributed by atoms with E-state index in [4.69, 9.17) is 14.2 Å². The lowest BCUT2D eigenvalue weighted by Crippen LogP contribution is -1.91. The molecule has 6 nitrogen and oxygen atoms in total. The van der Waals surface area contributed by atoms with Gasteiger partial charge in [0.1, 0.15) is 12.0 Å². The zero-order chi connectivity index (χ0) is 17.9. The third-order valence-electron chi connectivity index (χ3n) is 4.01. The van der Waals surface area contributed by atoms with E-state index >= 15 is 0 Å². The van der Waals surface area contributed by atoms with Crippen LogP contribution in [0.15, 0.2) is 48.7 Å². The van der Waals surface area contributed by atoms with E-state index in [0.29, 0.717) is 17.3 Å². The maximum Gasteiger partial charge on any atom is 0.175 e. The van der Waals surface area contributed by atoms with Crippen molar-refractivity contribution >= 4 is 18.4 Å². The van der Waals surface area contributed by atoms with Gasteiger partial charge in [0.15, 0.2) is 23.1 Å². The Morgan fingerprint density at radius 3 is 2.69 bits per heavy atom. The summed E-state index contributed by atoms with van der Waals surface area (Å²) in [5.74, 6) is 3.47. The quantitative estimate of drug-likeness (QED) is 0.715. The van der Waals surface area contributed by atoms with Crippen LogP contribution in [-0.4, -0.2) is 29.0 Å². The molecule has 0 bridgehead atoms. The minimum Gasteiger partial charge on any atom is -0.493 e. The number of fused-ring (bicyclic) bond motifs is 3. The van der Waals surface area contributed by atoms with Crippen molar-refractivity contribution in [3.8, 4) is 28.6 Å². The fourth-order valence-electron chi connectivity index (χ4n) is 2.74. The molecule has 130 valence electrons. The molecule has 0 saturated carbocycles. The van der Waals surface area contributed by atoms with E-state index in [2.05, 4.69) is 10.1 Å². The Kier molecular flexibility index (Phi) is 4.15. The number of para-hydroxylation sites is 1. The van der Waals surface area contributed by atoms with Crippen molar-refractivity contribution in [2.45, 2.75) is 0 Å². The van der Waals surface area contributed by atoms with Crippen molar-refractivity contribution in [2.24, 2.45) is 0 Å². The highest BCUT2D eigenvalue weighted by molar-refractivity contribution is 5.72. The highest BCUT2D eigenvalue weighted by Gasteiger charge is 2.16. The van der Waals surface area contributed by atoms with Crippen molar-refractivity contribution < 1.29 is 14.2 Å². The molecule has 0 saturated heterocycles. The van der Waals surface area contributed by atoms with Gasteiger partial charge in [0.2, 0.25) is 0 Å². The summed E-state index contributed by atoms with van der Waals surface area (Å²) in [5.41, 5.74) is 1.86. The van der Waals surface area contributed by atoms with E-state index in [-0.39, 0.29) is 0 Å². The SMILES string of the molecule is COc1ccc(/C=C/c2nc3n(n2)C=COc2ccccc2-3)cc1OC. The van der Waals surface area contributed by atoms with Gasteiger partial charge in [-0.1, -0.05) is 24.3 Å². The summed E-state index contributed by atoms with van der Waals surface area (Å²) in [6, 6.07) is 13.5. The highest BCUT2D eigenvalue weighted by atomic mass is 16.5. The van der Waals surface area contributed by atoms with E-state index in [9.17, 15) is 0 Å². The van der Waals surface area contributed by atoms with Crippen LogP contribution in [0.2, 0.25) is 0 Å². The molecule has 0 atom stereocenters. The zero-order valence-corrected chi connectivity index (χ0v) is 14.4. The molecule has 0 unspecified atom stereocenters. The molecule has 1 aliphatic heterocycles. The first-order valence-electron chi connectivity index (χ1n) is 8.08. The standard InChI is InChI=1S/C20H17N3O3/c1-24-17-9-7-14(13-18(17)25-2)8-10-19-21-20-15-5-3-4-6-16(15)26-12-11-23(20)22-19/h3-13H,1-2H3/b10-8+. The first kappa shape index (κ1) is 16.0. The number of hydrogen-bond acceptors (Lipinski definition) is 5. The molecule has 0 spiro atoms. The molecule has 4 rings (SSSR count). The lowest BCUT2D eigenvalue weighted by molar-refractivity contribution is 0.355. The Balaban J connectivity index is 1.66. The second kappa shape index (κ2) is 6.76. The third kappa shape index (κ3) is 2.93. The van der Waals surface area contributed by atoms with Crippen LogP contribution in [-0.2, 0) is 0 Å². The van der Waals surface area contributed by atoms with Crippen LogP contribution < -0.4 is 14.2 Å². The predicted molar refractivity (Wildman–Crippen MR) is 99.9 cm³/mol. The second-order valence-corrected chi connectivity index (χ2v) is 5.59. The van der Waals surface area contributed by atoms with Gasteiger partial charge in [-0.05, 0) is 35.9 Å². The summed E-state index contributed by atoms with van der Waals surface area (Å²) < 4.78 is 17.9. The number of nitrogens with zero attached hydrogens (tertiary/aromatic N) is 3. The summed E-state index contributed by atoms with van der Waals surface area (Å²) in [6.45, 7) is 0. The number of methoxy groups -OCH3 is 2. The Labute approximate surface area is 151 Å². The van der Waals surface area contributed by atoms with Crippen molar-refractivity contribution in [1.82, 2.24) is 14.8 Å².